The van der Waals surface area contributed by atoms with Crippen molar-refractivity contribution in [2.24, 2.45) is 0 Å². The number of hydrogen-bond donors (Lipinski definition) is 0. The summed E-state index contributed by atoms with van der Waals surface area (Å²) in [5.41, 5.74) is 2.05. The number of hydrogen-bond acceptors (Lipinski definition) is 6. The summed E-state index contributed by atoms with van der Waals surface area (Å²) >= 11 is 1.40. The Morgan fingerprint density at radius 2 is 1.75 bits per heavy atom. The summed E-state index contributed by atoms with van der Waals surface area (Å²) in [6.45, 7) is 0. The van der Waals surface area contributed by atoms with Crippen LogP contribution in [0.25, 0.3) is 21.9 Å². The van der Waals surface area contributed by atoms with Crippen LogP contribution in [0.2, 0.25) is 0 Å². The van der Waals surface area contributed by atoms with Gasteiger partial charge in [-0.1, -0.05) is 36.4 Å². The standard InChI is InChI=1S/C18H13NO4S/c20-16(21)10-13(9-11-5-7-12(8-6-11)18(22)23)17-19-14-3-1-2-4-15(14)24-17/h1-9H,10H2,(H,20,21)(H,22,23)/p-2/b13-9+. The molecule has 3 aromatic rings. The van der Waals surface area contributed by atoms with Crippen LogP contribution in [-0.4, -0.2) is 16.9 Å². The first kappa shape index (κ1) is 15.9. The van der Waals surface area contributed by atoms with Crippen LogP contribution in [0.4, 0.5) is 0 Å². The summed E-state index contributed by atoms with van der Waals surface area (Å²) in [4.78, 5) is 26.3. The Labute approximate surface area is 141 Å². The smallest absolute Gasteiger partial charge is 0.120 e. The summed E-state index contributed by atoms with van der Waals surface area (Å²) < 4.78 is 0.962. The van der Waals surface area contributed by atoms with Crippen LogP contribution in [-0.2, 0) is 4.79 Å². The van der Waals surface area contributed by atoms with Gasteiger partial charge in [0, 0.05) is 12.4 Å². The van der Waals surface area contributed by atoms with Gasteiger partial charge in [-0.2, -0.15) is 0 Å². The largest absolute Gasteiger partial charge is 0.550 e. The van der Waals surface area contributed by atoms with Crippen molar-refractivity contribution in [3.05, 3.63) is 64.7 Å². The Hall–Kier alpha value is -2.99. The second kappa shape index (κ2) is 6.64. The van der Waals surface area contributed by atoms with Crippen molar-refractivity contribution in [3.63, 3.8) is 0 Å². The molecule has 0 saturated heterocycles. The van der Waals surface area contributed by atoms with E-state index in [0.717, 1.165) is 10.2 Å². The number of thiazole rings is 1. The molecule has 0 N–H and O–H groups in total. The average Bonchev–Trinajstić information content (AvgIpc) is 2.98. The topological polar surface area (TPSA) is 93.1 Å². The molecule has 3 rings (SSSR count). The van der Waals surface area contributed by atoms with E-state index in [0.29, 0.717) is 16.1 Å². The summed E-state index contributed by atoms with van der Waals surface area (Å²) in [6.07, 6.45) is 1.40. The highest BCUT2D eigenvalue weighted by atomic mass is 32.1. The monoisotopic (exact) mass is 337 g/mol. The highest BCUT2D eigenvalue weighted by Gasteiger charge is 2.09. The van der Waals surface area contributed by atoms with Crippen LogP contribution in [0, 0.1) is 0 Å². The molecule has 0 aliphatic heterocycles. The molecule has 0 aliphatic rings. The van der Waals surface area contributed by atoms with E-state index in [2.05, 4.69) is 4.98 Å². The van der Waals surface area contributed by atoms with Gasteiger partial charge in [0.1, 0.15) is 5.01 Å². The van der Waals surface area contributed by atoms with Gasteiger partial charge in [-0.15, -0.1) is 11.3 Å². The number of para-hydroxylation sites is 1. The third kappa shape index (κ3) is 3.49. The number of carboxylic acid groups (broad SMARTS) is 2. The maximum Gasteiger partial charge on any atom is 0.120 e. The fraction of sp³-hybridized carbons (Fsp3) is 0.0556. The minimum absolute atomic E-state index is 0.0635. The van der Waals surface area contributed by atoms with Gasteiger partial charge < -0.3 is 19.8 Å². The first-order valence-electron chi connectivity index (χ1n) is 7.11. The van der Waals surface area contributed by atoms with Crippen molar-refractivity contribution in [2.75, 3.05) is 0 Å². The number of carbonyl (C=O) groups is 2. The lowest BCUT2D eigenvalue weighted by Crippen LogP contribution is -2.22. The van der Waals surface area contributed by atoms with Gasteiger partial charge in [0.25, 0.3) is 0 Å². The maximum atomic E-state index is 11.1. The van der Waals surface area contributed by atoms with Crippen molar-refractivity contribution in [3.8, 4) is 0 Å². The van der Waals surface area contributed by atoms with E-state index in [1.54, 1.807) is 18.2 Å². The molecule has 0 saturated carbocycles. The van der Waals surface area contributed by atoms with Crippen molar-refractivity contribution in [2.45, 2.75) is 6.42 Å². The van der Waals surface area contributed by atoms with Gasteiger partial charge in [0.05, 0.1) is 16.2 Å². The van der Waals surface area contributed by atoms with E-state index in [4.69, 9.17) is 0 Å². The van der Waals surface area contributed by atoms with Crippen LogP contribution < -0.4 is 10.2 Å². The van der Waals surface area contributed by atoms with Crippen molar-refractivity contribution >= 4 is 45.1 Å². The first-order valence-corrected chi connectivity index (χ1v) is 7.92. The number of carbonyl (C=O) groups excluding carboxylic acids is 2. The second-order valence-corrected chi connectivity index (χ2v) is 6.15. The molecule has 0 aliphatic carbocycles. The molecule has 0 unspecified atom stereocenters. The number of aromatic nitrogens is 1. The Morgan fingerprint density at radius 1 is 1.04 bits per heavy atom. The van der Waals surface area contributed by atoms with Gasteiger partial charge in [0.2, 0.25) is 0 Å². The van der Waals surface area contributed by atoms with Gasteiger partial charge in [0.15, 0.2) is 0 Å². The molecule has 24 heavy (non-hydrogen) atoms. The third-order valence-corrected chi connectivity index (χ3v) is 4.50. The summed E-state index contributed by atoms with van der Waals surface area (Å²) in [7, 11) is 0. The third-order valence-electron chi connectivity index (χ3n) is 3.39. The Kier molecular flexibility index (Phi) is 4.39. The molecule has 0 atom stereocenters. The molecule has 6 heteroatoms. The molecule has 0 radical (unpaired) electrons. The minimum atomic E-state index is -1.26. The average molecular weight is 337 g/mol. The quantitative estimate of drug-likeness (QED) is 0.700. The SMILES string of the molecule is O=C([O-])C/C(=C\c1ccc(C(=O)[O-])cc1)c1nc2ccccc2s1. The number of rotatable bonds is 5. The van der Waals surface area contributed by atoms with Crippen LogP contribution in [0.1, 0.15) is 27.3 Å². The molecule has 0 bridgehead atoms. The zero-order valence-electron chi connectivity index (χ0n) is 12.4. The molecule has 0 amide bonds. The molecular weight excluding hydrogens is 326 g/mol. The molecule has 2 aromatic carbocycles. The number of carboxylic acids is 2. The molecular formula is C18H11NO4S-2. The van der Waals surface area contributed by atoms with Gasteiger partial charge in [-0.3, -0.25) is 0 Å². The predicted octanol–water partition coefficient (Wildman–Crippen LogP) is 1.34. The number of aliphatic carboxylic acids is 1. The lowest BCUT2D eigenvalue weighted by atomic mass is 10.1. The number of nitrogens with zero attached hydrogens (tertiary/aromatic N) is 1. The van der Waals surface area contributed by atoms with Crippen molar-refractivity contribution in [1.29, 1.82) is 0 Å². The fourth-order valence-corrected chi connectivity index (χ4v) is 3.25. The highest BCUT2D eigenvalue weighted by Crippen LogP contribution is 2.30. The molecule has 1 aromatic heterocycles. The van der Waals surface area contributed by atoms with Gasteiger partial charge >= 0.3 is 0 Å². The van der Waals surface area contributed by atoms with E-state index in [1.165, 1.54) is 23.5 Å². The Bertz CT molecular complexity index is 908. The Balaban J connectivity index is 2.01. The number of benzene rings is 2. The predicted molar refractivity (Wildman–Crippen MR) is 87.9 cm³/mol. The van der Waals surface area contributed by atoms with Crippen molar-refractivity contribution < 1.29 is 19.8 Å². The first-order chi connectivity index (χ1) is 11.5. The summed E-state index contributed by atoms with van der Waals surface area (Å²) in [6, 6.07) is 13.5. The van der Waals surface area contributed by atoms with Crippen LogP contribution in [0.15, 0.2) is 48.5 Å². The molecule has 120 valence electrons. The van der Waals surface area contributed by atoms with Crippen LogP contribution in [0.3, 0.4) is 0 Å². The van der Waals surface area contributed by atoms with Gasteiger partial charge in [-0.05, 0) is 34.9 Å². The van der Waals surface area contributed by atoms with Crippen molar-refractivity contribution in [1.82, 2.24) is 4.98 Å². The summed E-state index contributed by atoms with van der Waals surface area (Å²) in [5.74, 6) is -2.46. The highest BCUT2D eigenvalue weighted by molar-refractivity contribution is 7.19. The maximum absolute atomic E-state index is 11.1. The van der Waals surface area contributed by atoms with E-state index < -0.39 is 11.9 Å². The Morgan fingerprint density at radius 3 is 2.38 bits per heavy atom. The lowest BCUT2D eigenvalue weighted by Gasteiger charge is -2.07. The zero-order valence-corrected chi connectivity index (χ0v) is 13.2. The summed E-state index contributed by atoms with van der Waals surface area (Å²) in [5, 5.41) is 22.5. The second-order valence-electron chi connectivity index (χ2n) is 5.11. The molecule has 5 nitrogen and oxygen atoms in total. The van der Waals surface area contributed by atoms with E-state index in [-0.39, 0.29) is 12.0 Å². The number of aromatic carboxylic acids is 1. The molecule has 1 heterocycles. The van der Waals surface area contributed by atoms with E-state index >= 15 is 0 Å². The molecule has 0 fully saturated rings. The minimum Gasteiger partial charge on any atom is -0.550 e. The van der Waals surface area contributed by atoms with Crippen LogP contribution >= 0.6 is 11.3 Å². The van der Waals surface area contributed by atoms with E-state index in [9.17, 15) is 19.8 Å². The number of fused-ring (bicyclic) bond motifs is 1. The molecule has 0 spiro atoms. The normalized spacial score (nSPS) is 11.6. The van der Waals surface area contributed by atoms with Gasteiger partial charge in [-0.25, -0.2) is 4.98 Å². The lowest BCUT2D eigenvalue weighted by molar-refractivity contribution is -0.304. The zero-order chi connectivity index (χ0) is 17.1. The van der Waals surface area contributed by atoms with Crippen LogP contribution in [0.5, 0.6) is 0 Å². The van der Waals surface area contributed by atoms with E-state index in [1.807, 2.05) is 24.3 Å². The fourth-order valence-electron chi connectivity index (χ4n) is 2.27.